The molecule has 1 heterocycles. The lowest BCUT2D eigenvalue weighted by molar-refractivity contribution is 0.229. The van der Waals surface area contributed by atoms with Crippen molar-refractivity contribution in [1.29, 1.82) is 0 Å². The maximum absolute atomic E-state index is 9.94. The topological polar surface area (TPSA) is 32.3 Å². The van der Waals surface area contributed by atoms with E-state index in [-0.39, 0.29) is 5.25 Å². The van der Waals surface area contributed by atoms with Gasteiger partial charge in [-0.2, -0.15) is 0 Å². The first-order chi connectivity index (χ1) is 9.65. The van der Waals surface area contributed by atoms with Crippen LogP contribution in [0.15, 0.2) is 42.5 Å². The van der Waals surface area contributed by atoms with E-state index in [1.165, 1.54) is 0 Å². The molecule has 1 aliphatic heterocycles. The Hall–Kier alpha value is -0.870. The molecule has 3 rings (SSSR count). The van der Waals surface area contributed by atoms with E-state index in [0.717, 1.165) is 21.8 Å². The Labute approximate surface area is 132 Å². The molecule has 0 spiro atoms. The second-order valence-electron chi connectivity index (χ2n) is 4.63. The molecule has 0 amide bonds. The molecular weight excluding hydrogens is 313 g/mol. The first kappa shape index (κ1) is 14.1. The quantitative estimate of drug-likeness (QED) is 0.806. The minimum atomic E-state index is -0.576. The number of hydrogen-bond acceptors (Lipinski definition) is 3. The molecule has 0 fully saturated rings. The number of hydrogen-bond donors (Lipinski definition) is 2. The summed E-state index contributed by atoms with van der Waals surface area (Å²) in [6.45, 7) is 0. The number of fused-ring (bicyclic) bond motifs is 1. The maximum Gasteiger partial charge on any atom is 0.133 e. The summed E-state index contributed by atoms with van der Waals surface area (Å²) in [5.74, 6) is 0.586. The average molecular weight is 326 g/mol. The summed E-state index contributed by atoms with van der Waals surface area (Å²) in [6, 6.07) is 13.4. The minimum Gasteiger partial charge on any atom is -0.373 e. The summed E-state index contributed by atoms with van der Waals surface area (Å²) >= 11 is 14.1. The highest BCUT2D eigenvalue weighted by molar-refractivity contribution is 7.99. The predicted octanol–water partition coefficient (Wildman–Crippen LogP) is 4.56. The molecule has 104 valence electrons. The molecule has 0 aromatic heterocycles. The fraction of sp³-hybridized carbons (Fsp3) is 0.200. The Bertz CT molecular complexity index is 635. The zero-order valence-corrected chi connectivity index (χ0v) is 12.8. The van der Waals surface area contributed by atoms with Gasteiger partial charge in [-0.1, -0.05) is 41.4 Å². The smallest absolute Gasteiger partial charge is 0.133 e. The van der Waals surface area contributed by atoms with Gasteiger partial charge in [-0.25, -0.2) is 0 Å². The molecule has 0 saturated heterocycles. The van der Waals surface area contributed by atoms with E-state index in [2.05, 4.69) is 5.32 Å². The fourth-order valence-electron chi connectivity index (χ4n) is 2.33. The van der Waals surface area contributed by atoms with E-state index in [1.54, 1.807) is 11.8 Å². The van der Waals surface area contributed by atoms with Gasteiger partial charge in [0.15, 0.2) is 0 Å². The number of nitrogens with one attached hydrogen (secondary N) is 1. The number of aliphatic hydroxyl groups is 1. The van der Waals surface area contributed by atoms with Crippen molar-refractivity contribution in [2.45, 2.75) is 11.5 Å². The Morgan fingerprint density at radius 3 is 2.70 bits per heavy atom. The molecule has 2 aromatic carbocycles. The molecule has 2 aromatic rings. The van der Waals surface area contributed by atoms with Crippen LogP contribution in [0, 0.1) is 0 Å². The lowest BCUT2D eigenvalue weighted by atomic mass is 10.0. The van der Waals surface area contributed by atoms with Crippen LogP contribution in [0.4, 0.5) is 5.69 Å². The van der Waals surface area contributed by atoms with Crippen molar-refractivity contribution in [2.75, 3.05) is 11.1 Å². The Balaban J connectivity index is 2.12. The van der Waals surface area contributed by atoms with Gasteiger partial charge in [-0.3, -0.25) is 0 Å². The Kier molecular flexibility index (Phi) is 4.13. The van der Waals surface area contributed by atoms with Crippen molar-refractivity contribution in [2.24, 2.45) is 0 Å². The van der Waals surface area contributed by atoms with Crippen LogP contribution in [0.25, 0.3) is 0 Å². The molecule has 0 aliphatic carbocycles. The Morgan fingerprint density at radius 1 is 1.10 bits per heavy atom. The van der Waals surface area contributed by atoms with Crippen molar-refractivity contribution in [3.8, 4) is 0 Å². The number of benzene rings is 2. The zero-order chi connectivity index (χ0) is 14.1. The van der Waals surface area contributed by atoms with Gasteiger partial charge >= 0.3 is 0 Å². The van der Waals surface area contributed by atoms with E-state index >= 15 is 0 Å². The van der Waals surface area contributed by atoms with Crippen molar-refractivity contribution in [1.82, 2.24) is 0 Å². The van der Waals surface area contributed by atoms with Crippen LogP contribution in [-0.4, -0.2) is 17.1 Å². The van der Waals surface area contributed by atoms with Crippen molar-refractivity contribution < 1.29 is 5.11 Å². The van der Waals surface area contributed by atoms with E-state index in [0.29, 0.717) is 10.8 Å². The van der Waals surface area contributed by atoms with Crippen LogP contribution in [0.5, 0.6) is 0 Å². The van der Waals surface area contributed by atoms with Gasteiger partial charge in [0.2, 0.25) is 0 Å². The van der Waals surface area contributed by atoms with E-state index in [1.807, 2.05) is 42.5 Å². The molecule has 2 atom stereocenters. The molecule has 1 aliphatic rings. The highest BCUT2D eigenvalue weighted by Crippen LogP contribution is 2.44. The van der Waals surface area contributed by atoms with Crippen LogP contribution in [-0.2, 0) is 0 Å². The van der Waals surface area contributed by atoms with Crippen LogP contribution in [0.2, 0.25) is 10.0 Å². The van der Waals surface area contributed by atoms with Gasteiger partial charge in [0, 0.05) is 21.5 Å². The molecule has 0 bridgehead atoms. The van der Waals surface area contributed by atoms with Gasteiger partial charge in [0.05, 0.1) is 5.25 Å². The second kappa shape index (κ2) is 5.86. The first-order valence-electron chi connectivity index (χ1n) is 6.25. The summed E-state index contributed by atoms with van der Waals surface area (Å²) in [5.41, 5.74) is 2.99. The van der Waals surface area contributed by atoms with Gasteiger partial charge in [0.25, 0.3) is 0 Å². The van der Waals surface area contributed by atoms with Gasteiger partial charge < -0.3 is 10.4 Å². The third kappa shape index (κ3) is 2.77. The van der Waals surface area contributed by atoms with Crippen LogP contribution in [0.1, 0.15) is 16.4 Å². The number of halogens is 2. The van der Waals surface area contributed by atoms with Gasteiger partial charge in [0.1, 0.15) is 6.23 Å². The first-order valence-corrected chi connectivity index (χ1v) is 8.05. The normalized spacial score (nSPS) is 21.8. The average Bonchev–Trinajstić information content (AvgIpc) is 2.58. The zero-order valence-electron chi connectivity index (χ0n) is 10.5. The molecule has 2 nitrogen and oxygen atoms in total. The highest BCUT2D eigenvalue weighted by Gasteiger charge is 2.25. The van der Waals surface area contributed by atoms with Crippen LogP contribution in [0.3, 0.4) is 0 Å². The standard InChI is InChI=1S/C15H13Cl2NOS/c16-9-5-6-13-11(7-9)15(20-8-14(19)18-13)10-3-1-2-4-12(10)17/h1-7,14-15,18-19H,8H2/t14-,15-/m1/s1. The van der Waals surface area contributed by atoms with Crippen LogP contribution < -0.4 is 5.32 Å². The molecule has 0 radical (unpaired) electrons. The molecule has 20 heavy (non-hydrogen) atoms. The maximum atomic E-state index is 9.94. The summed E-state index contributed by atoms with van der Waals surface area (Å²) in [4.78, 5) is 0. The molecular formula is C15H13Cl2NOS. The Morgan fingerprint density at radius 2 is 1.90 bits per heavy atom. The van der Waals surface area contributed by atoms with E-state index in [9.17, 15) is 5.11 Å². The van der Waals surface area contributed by atoms with E-state index in [4.69, 9.17) is 23.2 Å². The summed E-state index contributed by atoms with van der Waals surface area (Å²) in [5, 5.41) is 14.5. The highest BCUT2D eigenvalue weighted by atomic mass is 35.5. The summed E-state index contributed by atoms with van der Waals surface area (Å²) < 4.78 is 0. The van der Waals surface area contributed by atoms with Gasteiger partial charge in [-0.15, -0.1) is 11.8 Å². The van der Waals surface area contributed by atoms with Crippen LogP contribution >= 0.6 is 35.0 Å². The molecule has 0 unspecified atom stereocenters. The number of aliphatic hydroxyl groups excluding tert-OH is 1. The molecule has 5 heteroatoms. The minimum absolute atomic E-state index is 0.0575. The number of thioether (sulfide) groups is 1. The van der Waals surface area contributed by atoms with Crippen molar-refractivity contribution >= 4 is 40.7 Å². The molecule has 2 N–H and O–H groups in total. The second-order valence-corrected chi connectivity index (χ2v) is 6.61. The third-order valence-electron chi connectivity index (χ3n) is 3.23. The van der Waals surface area contributed by atoms with Gasteiger partial charge in [-0.05, 0) is 35.4 Å². The summed E-state index contributed by atoms with van der Waals surface area (Å²) in [7, 11) is 0. The monoisotopic (exact) mass is 325 g/mol. The van der Waals surface area contributed by atoms with Crippen molar-refractivity contribution in [3.05, 3.63) is 63.6 Å². The SMILES string of the molecule is O[C@@H]1CS[C@H](c2ccccc2Cl)c2cc(Cl)ccc2N1. The van der Waals surface area contributed by atoms with Crippen molar-refractivity contribution in [3.63, 3.8) is 0 Å². The summed E-state index contributed by atoms with van der Waals surface area (Å²) in [6.07, 6.45) is -0.576. The molecule has 0 saturated carbocycles. The van der Waals surface area contributed by atoms with E-state index < -0.39 is 6.23 Å². The fourth-order valence-corrected chi connectivity index (χ4v) is 4.03. The lowest BCUT2D eigenvalue weighted by Gasteiger charge is -2.18. The third-order valence-corrected chi connectivity index (χ3v) is 5.16. The lowest BCUT2D eigenvalue weighted by Crippen LogP contribution is -2.19. The number of anilines is 1. The predicted molar refractivity (Wildman–Crippen MR) is 86.8 cm³/mol. The largest absolute Gasteiger partial charge is 0.373 e. The number of rotatable bonds is 1.